The van der Waals surface area contributed by atoms with Gasteiger partial charge in [0.2, 0.25) is 5.91 Å². The molecule has 3 heteroatoms. The zero-order valence-corrected chi connectivity index (χ0v) is 8.72. The van der Waals surface area contributed by atoms with Crippen molar-refractivity contribution in [2.24, 2.45) is 5.73 Å². The Morgan fingerprint density at radius 1 is 1.50 bits per heavy atom. The molecule has 0 aliphatic heterocycles. The number of rotatable bonds is 5. The van der Waals surface area contributed by atoms with Gasteiger partial charge in [0.25, 0.3) is 0 Å². The third kappa shape index (κ3) is 3.50. The van der Waals surface area contributed by atoms with E-state index in [2.05, 4.69) is 11.9 Å². The van der Waals surface area contributed by atoms with Crippen LogP contribution in [0, 0.1) is 0 Å². The molecule has 0 aromatic heterocycles. The van der Waals surface area contributed by atoms with E-state index in [0.717, 1.165) is 32.1 Å². The van der Waals surface area contributed by atoms with E-state index in [4.69, 9.17) is 5.73 Å². The fraction of sp³-hybridized carbons (Fsp3) is 0.727. The van der Waals surface area contributed by atoms with Crippen molar-refractivity contribution in [1.29, 1.82) is 0 Å². The lowest BCUT2D eigenvalue weighted by atomic mass is 9.94. The van der Waals surface area contributed by atoms with Crippen molar-refractivity contribution in [2.45, 2.75) is 44.1 Å². The third-order valence-electron chi connectivity index (χ3n) is 2.78. The molecule has 1 aliphatic rings. The summed E-state index contributed by atoms with van der Waals surface area (Å²) >= 11 is 0. The number of amides is 1. The van der Waals surface area contributed by atoms with Gasteiger partial charge in [0.05, 0.1) is 0 Å². The van der Waals surface area contributed by atoms with Crippen LogP contribution in [-0.2, 0) is 4.79 Å². The molecule has 0 atom stereocenters. The van der Waals surface area contributed by atoms with Crippen molar-refractivity contribution in [1.82, 2.24) is 5.32 Å². The minimum Gasteiger partial charge on any atom is -0.356 e. The van der Waals surface area contributed by atoms with Crippen LogP contribution in [0.3, 0.4) is 0 Å². The van der Waals surface area contributed by atoms with E-state index in [0.29, 0.717) is 13.0 Å². The van der Waals surface area contributed by atoms with E-state index in [-0.39, 0.29) is 11.4 Å². The van der Waals surface area contributed by atoms with Crippen LogP contribution in [0.4, 0.5) is 0 Å². The monoisotopic (exact) mass is 196 g/mol. The molecule has 0 radical (unpaired) electrons. The first-order valence-electron chi connectivity index (χ1n) is 5.33. The smallest absolute Gasteiger partial charge is 0.221 e. The van der Waals surface area contributed by atoms with Crippen LogP contribution in [-0.4, -0.2) is 18.0 Å². The first-order valence-corrected chi connectivity index (χ1v) is 5.33. The maximum Gasteiger partial charge on any atom is 0.221 e. The number of nitrogens with one attached hydrogen (secondary N) is 1. The summed E-state index contributed by atoms with van der Waals surface area (Å²) in [4.78, 5) is 11.5. The molecule has 0 saturated heterocycles. The van der Waals surface area contributed by atoms with Gasteiger partial charge in [-0.2, -0.15) is 0 Å². The lowest BCUT2D eigenvalue weighted by molar-refractivity contribution is -0.122. The topological polar surface area (TPSA) is 55.1 Å². The zero-order chi connectivity index (χ0) is 10.4. The number of hydrogen-bond donors (Lipinski definition) is 2. The van der Waals surface area contributed by atoms with Crippen molar-refractivity contribution in [3.63, 3.8) is 0 Å². The Kier molecular flexibility index (Phi) is 4.14. The van der Waals surface area contributed by atoms with E-state index in [9.17, 15) is 4.79 Å². The van der Waals surface area contributed by atoms with Gasteiger partial charge in [0.15, 0.2) is 0 Å². The maximum atomic E-state index is 11.5. The standard InChI is InChI=1S/C11H20N2O/c1-2-3-8-13-10(14)9-11(12)6-4-5-7-11/h2H,1,3-9,12H2,(H,13,14). The number of nitrogens with two attached hydrogens (primary N) is 1. The predicted molar refractivity (Wildman–Crippen MR) is 57.8 cm³/mol. The van der Waals surface area contributed by atoms with Crippen LogP contribution < -0.4 is 11.1 Å². The molecule has 80 valence electrons. The van der Waals surface area contributed by atoms with Gasteiger partial charge < -0.3 is 11.1 Å². The van der Waals surface area contributed by atoms with Crippen LogP contribution in [0.1, 0.15) is 38.5 Å². The van der Waals surface area contributed by atoms with Gasteiger partial charge in [-0.25, -0.2) is 0 Å². The molecule has 1 rings (SSSR count). The minimum absolute atomic E-state index is 0.0799. The zero-order valence-electron chi connectivity index (χ0n) is 8.72. The van der Waals surface area contributed by atoms with Crippen LogP contribution in [0.25, 0.3) is 0 Å². The molecule has 0 unspecified atom stereocenters. The van der Waals surface area contributed by atoms with E-state index in [1.54, 1.807) is 6.08 Å². The number of carbonyl (C=O) groups is 1. The SMILES string of the molecule is C=CCCNC(=O)CC1(N)CCCC1. The second-order valence-electron chi connectivity index (χ2n) is 4.17. The lowest BCUT2D eigenvalue weighted by Crippen LogP contribution is -2.42. The molecule has 0 aromatic carbocycles. The van der Waals surface area contributed by atoms with E-state index in [1.807, 2.05) is 0 Å². The Hall–Kier alpha value is -0.830. The summed E-state index contributed by atoms with van der Waals surface area (Å²) in [5, 5.41) is 2.85. The third-order valence-corrected chi connectivity index (χ3v) is 2.78. The molecule has 0 heterocycles. The normalized spacial score (nSPS) is 19.2. The predicted octanol–water partition coefficient (Wildman–Crippen LogP) is 1.34. The van der Waals surface area contributed by atoms with E-state index < -0.39 is 0 Å². The van der Waals surface area contributed by atoms with Gasteiger partial charge in [-0.15, -0.1) is 6.58 Å². The van der Waals surface area contributed by atoms with Crippen molar-refractivity contribution in [2.75, 3.05) is 6.54 Å². The van der Waals surface area contributed by atoms with Gasteiger partial charge in [0, 0.05) is 18.5 Å². The molecular weight excluding hydrogens is 176 g/mol. The number of hydrogen-bond acceptors (Lipinski definition) is 2. The lowest BCUT2D eigenvalue weighted by Gasteiger charge is -2.22. The maximum absolute atomic E-state index is 11.5. The summed E-state index contributed by atoms with van der Waals surface area (Å²) in [6.45, 7) is 4.28. The summed E-state index contributed by atoms with van der Waals surface area (Å²) in [7, 11) is 0. The molecule has 1 amide bonds. The van der Waals surface area contributed by atoms with Crippen molar-refractivity contribution in [3.8, 4) is 0 Å². The summed E-state index contributed by atoms with van der Waals surface area (Å²) in [6.07, 6.45) is 7.40. The highest BCUT2D eigenvalue weighted by Crippen LogP contribution is 2.29. The quantitative estimate of drug-likeness (QED) is 0.515. The Morgan fingerprint density at radius 3 is 2.71 bits per heavy atom. The minimum atomic E-state index is -0.224. The Bertz CT molecular complexity index is 207. The first kappa shape index (κ1) is 11.2. The Morgan fingerprint density at radius 2 is 2.14 bits per heavy atom. The van der Waals surface area contributed by atoms with Crippen LogP contribution in [0.5, 0.6) is 0 Å². The highest BCUT2D eigenvalue weighted by Gasteiger charge is 2.31. The van der Waals surface area contributed by atoms with Gasteiger partial charge in [-0.05, 0) is 19.3 Å². The molecule has 1 saturated carbocycles. The second-order valence-corrected chi connectivity index (χ2v) is 4.17. The van der Waals surface area contributed by atoms with Gasteiger partial charge in [-0.3, -0.25) is 4.79 Å². The summed E-state index contributed by atoms with van der Waals surface area (Å²) in [6, 6.07) is 0. The second kappa shape index (κ2) is 5.15. The fourth-order valence-electron chi connectivity index (χ4n) is 1.95. The molecule has 1 aliphatic carbocycles. The molecule has 0 aromatic rings. The summed E-state index contributed by atoms with van der Waals surface area (Å²) in [5.74, 6) is 0.0799. The molecule has 0 bridgehead atoms. The molecule has 1 fully saturated rings. The van der Waals surface area contributed by atoms with Crippen LogP contribution in [0.2, 0.25) is 0 Å². The average Bonchev–Trinajstić information content (AvgIpc) is 2.52. The molecule has 3 N–H and O–H groups in total. The Balaban J connectivity index is 2.22. The van der Waals surface area contributed by atoms with E-state index >= 15 is 0 Å². The highest BCUT2D eigenvalue weighted by atomic mass is 16.1. The van der Waals surface area contributed by atoms with Crippen molar-refractivity contribution >= 4 is 5.91 Å². The van der Waals surface area contributed by atoms with Gasteiger partial charge >= 0.3 is 0 Å². The van der Waals surface area contributed by atoms with Crippen LogP contribution in [0.15, 0.2) is 12.7 Å². The molecule has 3 nitrogen and oxygen atoms in total. The summed E-state index contributed by atoms with van der Waals surface area (Å²) < 4.78 is 0. The van der Waals surface area contributed by atoms with Gasteiger partial charge in [0.1, 0.15) is 0 Å². The average molecular weight is 196 g/mol. The van der Waals surface area contributed by atoms with Crippen LogP contribution >= 0.6 is 0 Å². The van der Waals surface area contributed by atoms with Crippen molar-refractivity contribution in [3.05, 3.63) is 12.7 Å². The Labute approximate surface area is 85.7 Å². The molecule has 0 spiro atoms. The summed E-state index contributed by atoms with van der Waals surface area (Å²) in [5.41, 5.74) is 5.86. The molecular formula is C11H20N2O. The largest absolute Gasteiger partial charge is 0.356 e. The van der Waals surface area contributed by atoms with E-state index in [1.165, 1.54) is 0 Å². The first-order chi connectivity index (χ1) is 6.66. The fourth-order valence-corrected chi connectivity index (χ4v) is 1.95. The number of carbonyl (C=O) groups excluding carboxylic acids is 1. The molecule has 14 heavy (non-hydrogen) atoms. The highest BCUT2D eigenvalue weighted by molar-refractivity contribution is 5.77. The van der Waals surface area contributed by atoms with Crippen molar-refractivity contribution < 1.29 is 4.79 Å². The van der Waals surface area contributed by atoms with Gasteiger partial charge in [-0.1, -0.05) is 18.9 Å².